The average Bonchev–Trinajstić information content (AvgIpc) is 2.86. The second-order valence-corrected chi connectivity index (χ2v) is 7.76. The van der Waals surface area contributed by atoms with E-state index in [9.17, 15) is 0 Å². The van der Waals surface area contributed by atoms with Crippen LogP contribution in [0, 0.1) is 11.8 Å². The van der Waals surface area contributed by atoms with Gasteiger partial charge in [-0.25, -0.2) is 0 Å². The van der Waals surface area contributed by atoms with Crippen molar-refractivity contribution in [2.24, 2.45) is 0 Å². The first kappa shape index (κ1) is 13.4. The molecule has 92 valence electrons. The van der Waals surface area contributed by atoms with Crippen LogP contribution in [0.5, 0.6) is 0 Å². The Morgan fingerprint density at radius 3 is 2.72 bits per heavy atom. The van der Waals surface area contributed by atoms with E-state index in [-0.39, 0.29) is 0 Å². The van der Waals surface area contributed by atoms with Crippen molar-refractivity contribution in [3.05, 3.63) is 52.9 Å². The van der Waals surface area contributed by atoms with Gasteiger partial charge in [-0.3, -0.25) is 0 Å². The van der Waals surface area contributed by atoms with E-state index in [1.165, 1.54) is 27.5 Å². The van der Waals surface area contributed by atoms with Crippen LogP contribution in [-0.4, -0.2) is 15.0 Å². The molecule has 0 spiro atoms. The molecule has 0 atom stereocenters. The van der Waals surface area contributed by atoms with Gasteiger partial charge in [-0.2, -0.15) is 0 Å². The predicted molar refractivity (Wildman–Crippen MR) is 81.8 cm³/mol. The Balaban J connectivity index is 2.06. The van der Waals surface area contributed by atoms with Gasteiger partial charge >= 0.3 is 120 Å². The van der Waals surface area contributed by atoms with E-state index in [2.05, 4.69) is 42.3 Å². The van der Waals surface area contributed by atoms with Crippen LogP contribution in [0.2, 0.25) is 5.32 Å². The first-order valence-corrected chi connectivity index (χ1v) is 9.12. The molecule has 0 bridgehead atoms. The van der Waals surface area contributed by atoms with Gasteiger partial charge in [0.25, 0.3) is 0 Å². The van der Waals surface area contributed by atoms with Crippen molar-refractivity contribution in [3.8, 4) is 11.8 Å². The SMILES string of the molecule is CCCC[Se]c1sccc1C#Cc1ccccc1. The fourth-order valence-corrected chi connectivity index (χ4v) is 5.20. The molecule has 2 rings (SSSR count). The zero-order valence-electron chi connectivity index (χ0n) is 10.5. The Kier molecular flexibility index (Phi) is 5.55. The molecule has 0 saturated heterocycles. The molecule has 0 unspecified atom stereocenters. The number of rotatable bonds is 4. The van der Waals surface area contributed by atoms with Gasteiger partial charge in [-0.05, 0) is 0 Å². The van der Waals surface area contributed by atoms with Gasteiger partial charge in [0.15, 0.2) is 0 Å². The molecule has 18 heavy (non-hydrogen) atoms. The molecule has 1 aromatic heterocycles. The summed E-state index contributed by atoms with van der Waals surface area (Å²) in [5.74, 6) is 6.56. The maximum absolute atomic E-state index is 3.31. The number of hydrogen-bond acceptors (Lipinski definition) is 1. The number of benzene rings is 1. The van der Waals surface area contributed by atoms with Crippen molar-refractivity contribution in [3.63, 3.8) is 0 Å². The summed E-state index contributed by atoms with van der Waals surface area (Å²) in [6, 6.07) is 12.4. The number of unbranched alkanes of at least 4 members (excludes halogenated alkanes) is 1. The molecule has 0 radical (unpaired) electrons. The van der Waals surface area contributed by atoms with Crippen molar-refractivity contribution in [1.82, 2.24) is 0 Å². The first-order chi connectivity index (χ1) is 8.90. The van der Waals surface area contributed by atoms with Gasteiger partial charge in [-0.15, -0.1) is 0 Å². The summed E-state index contributed by atoms with van der Waals surface area (Å²) in [6.07, 6.45) is 2.63. The molecule has 2 aromatic rings. The van der Waals surface area contributed by atoms with Crippen LogP contribution in [-0.2, 0) is 0 Å². The molecule has 1 heterocycles. The Hall–Kier alpha value is -1.00. The molecule has 0 aliphatic rings. The Bertz CT molecular complexity index is 531. The van der Waals surface area contributed by atoms with Gasteiger partial charge in [0.2, 0.25) is 0 Å². The fourth-order valence-electron chi connectivity index (χ4n) is 1.47. The summed E-state index contributed by atoms with van der Waals surface area (Å²) < 4.78 is 1.50. The summed E-state index contributed by atoms with van der Waals surface area (Å²) >= 11 is 2.46. The van der Waals surface area contributed by atoms with E-state index in [1.54, 1.807) is 0 Å². The molecular weight excluding hydrogens is 303 g/mol. The molecule has 1 aromatic carbocycles. The molecular formula is C16H16SSe. The predicted octanol–water partition coefficient (Wildman–Crippen LogP) is 3.70. The third kappa shape index (κ3) is 4.03. The van der Waals surface area contributed by atoms with Crippen molar-refractivity contribution >= 4 is 30.1 Å². The zero-order chi connectivity index (χ0) is 12.6. The minimum atomic E-state index is 0.602. The molecule has 2 heteroatoms. The molecule has 0 amide bonds. The van der Waals surface area contributed by atoms with Gasteiger partial charge in [0, 0.05) is 0 Å². The first-order valence-electron chi connectivity index (χ1n) is 6.17. The van der Waals surface area contributed by atoms with E-state index in [4.69, 9.17) is 0 Å². The van der Waals surface area contributed by atoms with Crippen LogP contribution in [0.3, 0.4) is 0 Å². The maximum atomic E-state index is 3.31. The van der Waals surface area contributed by atoms with E-state index >= 15 is 0 Å². The van der Waals surface area contributed by atoms with Gasteiger partial charge in [0.05, 0.1) is 0 Å². The van der Waals surface area contributed by atoms with E-state index < -0.39 is 0 Å². The standard InChI is InChI=1S/C16H16SSe/c1-2-3-13-18-16-15(11-12-17-16)10-9-14-7-5-4-6-8-14/h4-8,11-12H,2-3,13H2,1H3. The van der Waals surface area contributed by atoms with Crippen LogP contribution in [0.25, 0.3) is 0 Å². The van der Waals surface area contributed by atoms with E-state index in [0.717, 1.165) is 5.56 Å². The molecule has 0 nitrogen and oxygen atoms in total. The summed E-state index contributed by atoms with van der Waals surface area (Å²) in [5.41, 5.74) is 2.33. The van der Waals surface area contributed by atoms with Gasteiger partial charge in [-0.1, -0.05) is 0 Å². The van der Waals surface area contributed by atoms with Crippen molar-refractivity contribution in [2.75, 3.05) is 0 Å². The second-order valence-electron chi connectivity index (χ2n) is 3.94. The Labute approximate surface area is 120 Å². The zero-order valence-corrected chi connectivity index (χ0v) is 13.0. The fraction of sp³-hybridized carbons (Fsp3) is 0.250. The molecule has 0 aliphatic heterocycles. The minimum absolute atomic E-state index is 0.602. The van der Waals surface area contributed by atoms with Crippen LogP contribution in [0.4, 0.5) is 0 Å². The monoisotopic (exact) mass is 320 g/mol. The van der Waals surface area contributed by atoms with Crippen molar-refractivity contribution in [2.45, 2.75) is 25.1 Å². The van der Waals surface area contributed by atoms with Crippen molar-refractivity contribution < 1.29 is 0 Å². The van der Waals surface area contributed by atoms with Crippen molar-refractivity contribution in [1.29, 1.82) is 0 Å². The number of hydrogen-bond donors (Lipinski definition) is 0. The summed E-state index contributed by atoms with van der Waals surface area (Å²) in [6.45, 7) is 2.25. The van der Waals surface area contributed by atoms with Gasteiger partial charge in [0.1, 0.15) is 0 Å². The van der Waals surface area contributed by atoms with Crippen LogP contribution < -0.4 is 3.78 Å². The third-order valence-electron chi connectivity index (χ3n) is 2.48. The van der Waals surface area contributed by atoms with Crippen LogP contribution >= 0.6 is 11.3 Å². The number of thiophene rings is 1. The molecule has 0 aliphatic carbocycles. The molecule has 0 saturated carbocycles. The Morgan fingerprint density at radius 1 is 1.11 bits per heavy atom. The van der Waals surface area contributed by atoms with E-state index in [0.29, 0.717) is 15.0 Å². The summed E-state index contributed by atoms with van der Waals surface area (Å²) in [4.78, 5) is 0. The quantitative estimate of drug-likeness (QED) is 0.458. The van der Waals surface area contributed by atoms with Crippen LogP contribution in [0.15, 0.2) is 41.8 Å². The average molecular weight is 319 g/mol. The topological polar surface area (TPSA) is 0 Å². The molecule has 0 N–H and O–H groups in total. The van der Waals surface area contributed by atoms with E-state index in [1.807, 2.05) is 29.5 Å². The second kappa shape index (κ2) is 7.44. The Morgan fingerprint density at radius 2 is 1.94 bits per heavy atom. The van der Waals surface area contributed by atoms with Gasteiger partial charge < -0.3 is 0 Å². The normalized spacial score (nSPS) is 9.83. The third-order valence-corrected chi connectivity index (χ3v) is 6.45. The molecule has 0 fully saturated rings. The summed E-state index contributed by atoms with van der Waals surface area (Å²) in [7, 11) is 0. The summed E-state index contributed by atoms with van der Waals surface area (Å²) in [5, 5.41) is 3.50. The van der Waals surface area contributed by atoms with Crippen LogP contribution in [0.1, 0.15) is 30.9 Å².